The van der Waals surface area contributed by atoms with Crippen LogP contribution in [0.5, 0.6) is 5.75 Å². The molecule has 1 aliphatic heterocycles. The first-order chi connectivity index (χ1) is 13.2. The molecule has 1 aromatic heterocycles. The highest BCUT2D eigenvalue weighted by Crippen LogP contribution is 2.49. The van der Waals surface area contributed by atoms with Crippen LogP contribution in [-0.4, -0.2) is 33.7 Å². The third kappa shape index (κ3) is 3.04. The van der Waals surface area contributed by atoms with Gasteiger partial charge in [-0.2, -0.15) is 0 Å². The number of ether oxygens (including phenoxy) is 1. The van der Waals surface area contributed by atoms with Crippen molar-refractivity contribution in [2.24, 2.45) is 0 Å². The number of pyridine rings is 1. The number of carbonyl (C=O) groups excluding carboxylic acids is 2. The van der Waals surface area contributed by atoms with Crippen LogP contribution in [0.25, 0.3) is 0 Å². The number of anilines is 1. The third-order valence-electron chi connectivity index (χ3n) is 4.78. The molecule has 1 spiro atoms. The number of aromatic nitrogens is 1. The monoisotopic (exact) mass is 395 g/mol. The van der Waals surface area contributed by atoms with Gasteiger partial charge in [-0.3, -0.25) is 9.78 Å². The number of halogens is 4. The van der Waals surface area contributed by atoms with Gasteiger partial charge in [0.25, 0.3) is 5.91 Å². The van der Waals surface area contributed by atoms with Crippen LogP contribution in [0, 0.1) is 5.82 Å². The standard InChI is InChI=1S/C18H13F4N3O3/c19-14-9-23-8-5-11(14)10-24-16(27)25(15(26)17(24)6-7-17)12-1-3-13(4-2-12)28-18(20,21)22/h1-5,8-9H,6-7,10H2. The van der Waals surface area contributed by atoms with Crippen LogP contribution in [-0.2, 0) is 11.3 Å². The van der Waals surface area contributed by atoms with E-state index >= 15 is 0 Å². The van der Waals surface area contributed by atoms with E-state index in [-0.39, 0.29) is 17.8 Å². The first kappa shape index (κ1) is 18.2. The largest absolute Gasteiger partial charge is 0.573 e. The SMILES string of the molecule is O=C1N(c2ccc(OC(F)(F)F)cc2)C(=O)C2(CC2)N1Cc1ccncc1F. The van der Waals surface area contributed by atoms with Crippen molar-refractivity contribution in [3.8, 4) is 5.75 Å². The number of urea groups is 1. The lowest BCUT2D eigenvalue weighted by Gasteiger charge is -2.21. The zero-order valence-electron chi connectivity index (χ0n) is 14.2. The predicted octanol–water partition coefficient (Wildman–Crippen LogP) is 3.62. The van der Waals surface area contributed by atoms with Crippen molar-refractivity contribution in [1.29, 1.82) is 0 Å². The third-order valence-corrected chi connectivity index (χ3v) is 4.78. The van der Waals surface area contributed by atoms with Crippen molar-refractivity contribution in [3.05, 3.63) is 54.1 Å². The minimum Gasteiger partial charge on any atom is -0.406 e. The maximum atomic E-state index is 13.9. The molecule has 0 radical (unpaired) electrons. The Kier molecular flexibility index (Phi) is 4.02. The minimum atomic E-state index is -4.84. The van der Waals surface area contributed by atoms with Gasteiger partial charge in [-0.15, -0.1) is 13.2 Å². The molecule has 2 aromatic rings. The van der Waals surface area contributed by atoms with Crippen LogP contribution in [0.1, 0.15) is 18.4 Å². The Morgan fingerprint density at radius 1 is 1.11 bits per heavy atom. The van der Waals surface area contributed by atoms with E-state index in [1.54, 1.807) is 0 Å². The summed E-state index contributed by atoms with van der Waals surface area (Å²) in [6.07, 6.45) is -1.55. The van der Waals surface area contributed by atoms with Crippen molar-refractivity contribution in [1.82, 2.24) is 9.88 Å². The van der Waals surface area contributed by atoms with Crippen molar-refractivity contribution < 1.29 is 31.9 Å². The molecule has 0 N–H and O–H groups in total. The van der Waals surface area contributed by atoms with Gasteiger partial charge < -0.3 is 9.64 Å². The predicted molar refractivity (Wildman–Crippen MR) is 87.7 cm³/mol. The van der Waals surface area contributed by atoms with Crippen molar-refractivity contribution in [3.63, 3.8) is 0 Å². The van der Waals surface area contributed by atoms with E-state index in [4.69, 9.17) is 0 Å². The van der Waals surface area contributed by atoms with Crippen LogP contribution >= 0.6 is 0 Å². The highest BCUT2D eigenvalue weighted by Gasteiger charge is 2.65. The Morgan fingerprint density at radius 2 is 1.79 bits per heavy atom. The summed E-state index contributed by atoms with van der Waals surface area (Å²) in [4.78, 5) is 31.6. The van der Waals surface area contributed by atoms with Gasteiger partial charge in [0.15, 0.2) is 0 Å². The fourth-order valence-electron chi connectivity index (χ4n) is 3.26. The first-order valence-corrected chi connectivity index (χ1v) is 8.32. The van der Waals surface area contributed by atoms with Gasteiger partial charge in [0.05, 0.1) is 18.4 Å². The van der Waals surface area contributed by atoms with Crippen LogP contribution in [0.15, 0.2) is 42.7 Å². The van der Waals surface area contributed by atoms with Crippen LogP contribution < -0.4 is 9.64 Å². The van der Waals surface area contributed by atoms with E-state index in [1.165, 1.54) is 29.3 Å². The quantitative estimate of drug-likeness (QED) is 0.586. The molecule has 2 heterocycles. The maximum absolute atomic E-state index is 13.9. The topological polar surface area (TPSA) is 62.7 Å². The van der Waals surface area contributed by atoms with Crippen LogP contribution in [0.3, 0.4) is 0 Å². The number of hydrogen-bond acceptors (Lipinski definition) is 4. The van der Waals surface area contributed by atoms with E-state index in [0.29, 0.717) is 12.8 Å². The molecule has 2 aliphatic rings. The summed E-state index contributed by atoms with van der Waals surface area (Å²) in [5.74, 6) is -1.53. The number of carbonyl (C=O) groups is 2. The molecule has 4 rings (SSSR count). The Morgan fingerprint density at radius 3 is 2.36 bits per heavy atom. The lowest BCUT2D eigenvalue weighted by molar-refractivity contribution is -0.274. The fraction of sp³-hybridized carbons (Fsp3) is 0.278. The molecule has 28 heavy (non-hydrogen) atoms. The molecule has 1 saturated heterocycles. The second-order valence-corrected chi connectivity index (χ2v) is 6.55. The molecule has 1 aliphatic carbocycles. The van der Waals surface area contributed by atoms with Gasteiger partial charge in [0, 0.05) is 11.8 Å². The summed E-state index contributed by atoms with van der Waals surface area (Å²) in [5, 5.41) is 0. The Hall–Kier alpha value is -3.17. The van der Waals surface area contributed by atoms with E-state index in [0.717, 1.165) is 23.2 Å². The van der Waals surface area contributed by atoms with Crippen molar-refractivity contribution in [2.75, 3.05) is 4.90 Å². The number of alkyl halides is 3. The molecule has 146 valence electrons. The molecular formula is C18H13F4N3O3. The zero-order chi connectivity index (χ0) is 20.1. The second kappa shape index (κ2) is 6.18. The summed E-state index contributed by atoms with van der Waals surface area (Å²) in [6.45, 7) is -0.106. The molecule has 10 heteroatoms. The molecular weight excluding hydrogens is 382 g/mol. The van der Waals surface area contributed by atoms with Crippen molar-refractivity contribution >= 4 is 17.6 Å². The molecule has 6 nitrogen and oxygen atoms in total. The summed E-state index contributed by atoms with van der Waals surface area (Å²) >= 11 is 0. The van der Waals surface area contributed by atoms with Crippen LogP contribution in [0.2, 0.25) is 0 Å². The van der Waals surface area contributed by atoms with E-state index in [2.05, 4.69) is 9.72 Å². The fourth-order valence-corrected chi connectivity index (χ4v) is 3.26. The normalized spacial score (nSPS) is 18.1. The molecule has 0 bridgehead atoms. The minimum absolute atomic E-state index is 0.106. The van der Waals surface area contributed by atoms with Gasteiger partial charge in [-0.25, -0.2) is 14.1 Å². The molecule has 2 fully saturated rings. The molecule has 0 unspecified atom stereocenters. The Balaban J connectivity index is 1.60. The van der Waals surface area contributed by atoms with Crippen molar-refractivity contribution in [2.45, 2.75) is 31.3 Å². The smallest absolute Gasteiger partial charge is 0.406 e. The molecule has 1 aromatic carbocycles. The zero-order valence-corrected chi connectivity index (χ0v) is 14.2. The average molecular weight is 395 g/mol. The summed E-state index contributed by atoms with van der Waals surface area (Å²) < 4.78 is 54.6. The summed E-state index contributed by atoms with van der Waals surface area (Å²) in [6, 6.07) is 5.22. The molecule has 0 atom stereocenters. The second-order valence-electron chi connectivity index (χ2n) is 6.55. The summed E-state index contributed by atoms with van der Waals surface area (Å²) in [5.41, 5.74) is -0.694. The number of rotatable bonds is 4. The van der Waals surface area contributed by atoms with E-state index in [1.807, 2.05) is 0 Å². The van der Waals surface area contributed by atoms with Gasteiger partial charge in [0.1, 0.15) is 17.1 Å². The molecule has 1 saturated carbocycles. The van der Waals surface area contributed by atoms with Gasteiger partial charge in [-0.05, 0) is 43.2 Å². The lowest BCUT2D eigenvalue weighted by atomic mass is 10.2. The van der Waals surface area contributed by atoms with E-state index in [9.17, 15) is 27.2 Å². The van der Waals surface area contributed by atoms with Gasteiger partial charge in [-0.1, -0.05) is 0 Å². The van der Waals surface area contributed by atoms with E-state index < -0.39 is 35.4 Å². The van der Waals surface area contributed by atoms with Gasteiger partial charge >= 0.3 is 12.4 Å². The Bertz CT molecular complexity index is 942. The summed E-state index contributed by atoms with van der Waals surface area (Å²) in [7, 11) is 0. The first-order valence-electron chi connectivity index (χ1n) is 8.32. The highest BCUT2D eigenvalue weighted by atomic mass is 19.4. The molecule has 3 amide bonds. The lowest BCUT2D eigenvalue weighted by Crippen LogP contribution is -2.36. The number of amides is 3. The van der Waals surface area contributed by atoms with Gasteiger partial charge in [0.2, 0.25) is 0 Å². The maximum Gasteiger partial charge on any atom is 0.573 e. The number of benzene rings is 1. The van der Waals surface area contributed by atoms with Crippen LogP contribution in [0.4, 0.5) is 28.0 Å². The number of hydrogen-bond donors (Lipinski definition) is 0. The number of imide groups is 1. The number of nitrogens with zero attached hydrogens (tertiary/aromatic N) is 3. The average Bonchev–Trinajstić information content (AvgIpc) is 3.39. The Labute approximate surface area is 156 Å². The highest BCUT2D eigenvalue weighted by molar-refractivity contribution is 6.24.